The standard InChI is InChI=1S/C14H13N3O3/c1-2-16(10-13-4-3-7-20-13)12-5-6-14(17(18)19)11(8-12)9-15/h3-8H,2,10H2,1H3. The number of nitriles is 1. The smallest absolute Gasteiger partial charge is 0.287 e. The van der Waals surface area contributed by atoms with Crippen molar-refractivity contribution in [2.75, 3.05) is 11.4 Å². The highest BCUT2D eigenvalue weighted by Gasteiger charge is 2.16. The first-order chi connectivity index (χ1) is 9.65. The van der Waals surface area contributed by atoms with Crippen LogP contribution in [0.1, 0.15) is 18.2 Å². The van der Waals surface area contributed by atoms with E-state index in [1.807, 2.05) is 24.0 Å². The Bertz CT molecular complexity index is 644. The van der Waals surface area contributed by atoms with Crippen molar-refractivity contribution in [2.45, 2.75) is 13.5 Å². The second-order valence-electron chi connectivity index (χ2n) is 4.16. The second kappa shape index (κ2) is 5.89. The van der Waals surface area contributed by atoms with Crippen LogP contribution < -0.4 is 4.90 Å². The number of hydrogen-bond acceptors (Lipinski definition) is 5. The molecular weight excluding hydrogens is 258 g/mol. The molecular formula is C14H13N3O3. The number of nitro groups is 1. The molecule has 0 atom stereocenters. The van der Waals surface area contributed by atoms with E-state index in [0.29, 0.717) is 13.1 Å². The molecule has 1 aromatic heterocycles. The van der Waals surface area contributed by atoms with Gasteiger partial charge in [0, 0.05) is 18.3 Å². The maximum absolute atomic E-state index is 10.8. The molecule has 102 valence electrons. The van der Waals surface area contributed by atoms with Gasteiger partial charge < -0.3 is 9.32 Å². The van der Waals surface area contributed by atoms with Crippen LogP contribution in [0.2, 0.25) is 0 Å². The zero-order valence-corrected chi connectivity index (χ0v) is 10.9. The minimum atomic E-state index is -0.550. The fourth-order valence-corrected chi connectivity index (χ4v) is 1.95. The molecule has 0 aliphatic carbocycles. The zero-order chi connectivity index (χ0) is 14.5. The normalized spacial score (nSPS) is 10.0. The van der Waals surface area contributed by atoms with Crippen molar-refractivity contribution in [3.63, 3.8) is 0 Å². The third-order valence-electron chi connectivity index (χ3n) is 2.97. The molecule has 0 spiro atoms. The van der Waals surface area contributed by atoms with E-state index in [2.05, 4.69) is 0 Å². The molecule has 0 N–H and O–H groups in total. The van der Waals surface area contributed by atoms with E-state index in [0.717, 1.165) is 11.4 Å². The van der Waals surface area contributed by atoms with E-state index in [1.165, 1.54) is 12.1 Å². The van der Waals surface area contributed by atoms with Crippen molar-refractivity contribution >= 4 is 11.4 Å². The molecule has 0 aliphatic rings. The minimum Gasteiger partial charge on any atom is -0.467 e. The zero-order valence-electron chi connectivity index (χ0n) is 10.9. The van der Waals surface area contributed by atoms with E-state index in [-0.39, 0.29) is 11.3 Å². The Labute approximate surface area is 116 Å². The van der Waals surface area contributed by atoms with Crippen molar-refractivity contribution in [3.8, 4) is 6.07 Å². The lowest BCUT2D eigenvalue weighted by atomic mass is 10.1. The van der Waals surface area contributed by atoms with E-state index >= 15 is 0 Å². The molecule has 1 aromatic carbocycles. The lowest BCUT2D eigenvalue weighted by molar-refractivity contribution is -0.385. The topological polar surface area (TPSA) is 83.3 Å². The predicted molar refractivity (Wildman–Crippen MR) is 73.2 cm³/mol. The Hall–Kier alpha value is -2.81. The number of nitro benzene ring substituents is 1. The van der Waals surface area contributed by atoms with Crippen molar-refractivity contribution < 1.29 is 9.34 Å². The second-order valence-corrected chi connectivity index (χ2v) is 4.16. The van der Waals surface area contributed by atoms with Gasteiger partial charge in [-0.1, -0.05) is 0 Å². The molecule has 6 heteroatoms. The van der Waals surface area contributed by atoms with E-state index in [9.17, 15) is 10.1 Å². The maximum atomic E-state index is 10.8. The largest absolute Gasteiger partial charge is 0.467 e. The molecule has 0 bridgehead atoms. The summed E-state index contributed by atoms with van der Waals surface area (Å²) in [5, 5.41) is 19.8. The number of hydrogen-bond donors (Lipinski definition) is 0. The number of rotatable bonds is 5. The molecule has 6 nitrogen and oxygen atoms in total. The van der Waals surface area contributed by atoms with Crippen LogP contribution in [0.4, 0.5) is 11.4 Å². The van der Waals surface area contributed by atoms with Gasteiger partial charge in [0.05, 0.1) is 17.7 Å². The summed E-state index contributed by atoms with van der Waals surface area (Å²) in [6, 6.07) is 10.1. The first-order valence-electron chi connectivity index (χ1n) is 6.11. The fraction of sp³-hybridized carbons (Fsp3) is 0.214. The maximum Gasteiger partial charge on any atom is 0.287 e. The Morgan fingerprint density at radius 3 is 2.80 bits per heavy atom. The summed E-state index contributed by atoms with van der Waals surface area (Å²) in [6.07, 6.45) is 1.60. The Kier molecular flexibility index (Phi) is 4.01. The summed E-state index contributed by atoms with van der Waals surface area (Å²) < 4.78 is 5.29. The fourth-order valence-electron chi connectivity index (χ4n) is 1.95. The highest BCUT2D eigenvalue weighted by Crippen LogP contribution is 2.25. The quantitative estimate of drug-likeness (QED) is 0.616. The summed E-state index contributed by atoms with van der Waals surface area (Å²) in [7, 11) is 0. The SMILES string of the molecule is CCN(Cc1ccco1)c1ccc([N+](=O)[O-])c(C#N)c1. The van der Waals surface area contributed by atoms with Gasteiger partial charge >= 0.3 is 0 Å². The molecule has 0 saturated carbocycles. The number of furan rings is 1. The molecule has 1 heterocycles. The molecule has 20 heavy (non-hydrogen) atoms. The molecule has 2 aromatic rings. The van der Waals surface area contributed by atoms with Crippen LogP contribution >= 0.6 is 0 Å². The van der Waals surface area contributed by atoms with Gasteiger partial charge in [0.15, 0.2) is 0 Å². The van der Waals surface area contributed by atoms with Crippen molar-refractivity contribution in [1.29, 1.82) is 5.26 Å². The van der Waals surface area contributed by atoms with Crippen LogP contribution in [-0.2, 0) is 6.54 Å². The highest BCUT2D eigenvalue weighted by atomic mass is 16.6. The van der Waals surface area contributed by atoms with Gasteiger partial charge in [-0.05, 0) is 31.2 Å². The van der Waals surface area contributed by atoms with Crippen LogP contribution in [-0.4, -0.2) is 11.5 Å². The molecule has 0 aliphatic heterocycles. The van der Waals surface area contributed by atoms with Crippen LogP contribution in [0.3, 0.4) is 0 Å². The first-order valence-corrected chi connectivity index (χ1v) is 6.11. The molecule has 0 fully saturated rings. The molecule has 0 radical (unpaired) electrons. The molecule has 0 saturated heterocycles. The van der Waals surface area contributed by atoms with Crippen molar-refractivity contribution in [3.05, 3.63) is 58.0 Å². The average molecular weight is 271 g/mol. The molecule has 2 rings (SSSR count). The third kappa shape index (κ3) is 2.78. The van der Waals surface area contributed by atoms with Gasteiger partial charge in [0.25, 0.3) is 5.69 Å². The summed E-state index contributed by atoms with van der Waals surface area (Å²) >= 11 is 0. The molecule has 0 amide bonds. The number of nitrogens with zero attached hydrogens (tertiary/aromatic N) is 3. The van der Waals surface area contributed by atoms with Crippen LogP contribution in [0, 0.1) is 21.4 Å². The van der Waals surface area contributed by atoms with Crippen LogP contribution in [0.25, 0.3) is 0 Å². The van der Waals surface area contributed by atoms with E-state index in [1.54, 1.807) is 18.4 Å². The third-order valence-corrected chi connectivity index (χ3v) is 2.97. The first kappa shape index (κ1) is 13.6. The summed E-state index contributed by atoms with van der Waals surface area (Å²) in [5.74, 6) is 0.795. The van der Waals surface area contributed by atoms with E-state index < -0.39 is 4.92 Å². The Balaban J connectivity index is 2.31. The summed E-state index contributed by atoms with van der Waals surface area (Å²) in [4.78, 5) is 12.2. The molecule has 0 unspecified atom stereocenters. The van der Waals surface area contributed by atoms with Gasteiger partial charge in [0.1, 0.15) is 17.4 Å². The number of benzene rings is 1. The predicted octanol–water partition coefficient (Wildman–Crippen LogP) is 3.09. The van der Waals surface area contributed by atoms with Crippen molar-refractivity contribution in [1.82, 2.24) is 0 Å². The summed E-state index contributed by atoms with van der Waals surface area (Å²) in [5.41, 5.74) is 0.641. The highest BCUT2D eigenvalue weighted by molar-refractivity contribution is 5.59. The Morgan fingerprint density at radius 2 is 2.25 bits per heavy atom. The lowest BCUT2D eigenvalue weighted by Crippen LogP contribution is -2.21. The van der Waals surface area contributed by atoms with Gasteiger partial charge in [-0.25, -0.2) is 0 Å². The van der Waals surface area contributed by atoms with Crippen molar-refractivity contribution in [2.24, 2.45) is 0 Å². The van der Waals surface area contributed by atoms with Crippen LogP contribution in [0.15, 0.2) is 41.0 Å². The Morgan fingerprint density at radius 1 is 1.45 bits per heavy atom. The van der Waals surface area contributed by atoms with Crippen LogP contribution in [0.5, 0.6) is 0 Å². The van der Waals surface area contributed by atoms with Gasteiger partial charge in [-0.2, -0.15) is 5.26 Å². The van der Waals surface area contributed by atoms with Gasteiger partial charge in [-0.3, -0.25) is 10.1 Å². The van der Waals surface area contributed by atoms with Gasteiger partial charge in [-0.15, -0.1) is 0 Å². The minimum absolute atomic E-state index is 0.0606. The number of anilines is 1. The monoisotopic (exact) mass is 271 g/mol. The van der Waals surface area contributed by atoms with Gasteiger partial charge in [0.2, 0.25) is 0 Å². The van der Waals surface area contributed by atoms with E-state index in [4.69, 9.17) is 9.68 Å². The summed E-state index contributed by atoms with van der Waals surface area (Å²) in [6.45, 7) is 3.21. The lowest BCUT2D eigenvalue weighted by Gasteiger charge is -2.22. The average Bonchev–Trinajstić information content (AvgIpc) is 2.96.